The summed E-state index contributed by atoms with van der Waals surface area (Å²) in [6, 6.07) is 5.28. The molecule has 106 valence electrons. The van der Waals surface area contributed by atoms with E-state index in [1.54, 1.807) is 14.0 Å². The summed E-state index contributed by atoms with van der Waals surface area (Å²) in [4.78, 5) is 11.9. The highest BCUT2D eigenvalue weighted by Gasteiger charge is 2.21. The maximum absolute atomic E-state index is 11.9. The molecule has 1 N–H and O–H groups in total. The first-order valence-electron chi connectivity index (χ1n) is 6.37. The molecule has 4 heteroatoms. The van der Waals surface area contributed by atoms with Crippen LogP contribution in [-0.4, -0.2) is 24.7 Å². The summed E-state index contributed by atoms with van der Waals surface area (Å²) in [5.74, 6) is 0.538. The van der Waals surface area contributed by atoms with Crippen LogP contribution in [0.2, 0.25) is 0 Å². The van der Waals surface area contributed by atoms with Gasteiger partial charge in [-0.15, -0.1) is 0 Å². The van der Waals surface area contributed by atoms with Gasteiger partial charge in [-0.05, 0) is 58.4 Å². The van der Waals surface area contributed by atoms with E-state index < -0.39 is 11.6 Å². The second kappa shape index (κ2) is 5.95. The zero-order valence-electron chi connectivity index (χ0n) is 12.5. The summed E-state index contributed by atoms with van der Waals surface area (Å²) in [5, 5.41) is 3.15. The number of carbonyl (C=O) groups excluding carboxylic acids is 1. The third-order valence-corrected chi connectivity index (χ3v) is 2.57. The van der Waals surface area contributed by atoms with Crippen LogP contribution in [0.3, 0.4) is 0 Å². The topological polar surface area (TPSA) is 47.6 Å². The highest BCUT2D eigenvalue weighted by molar-refractivity contribution is 5.79. The van der Waals surface area contributed by atoms with Crippen LogP contribution in [-0.2, 0) is 9.53 Å². The molecule has 0 amide bonds. The van der Waals surface area contributed by atoms with Gasteiger partial charge in [0.25, 0.3) is 0 Å². The van der Waals surface area contributed by atoms with Crippen molar-refractivity contribution >= 4 is 11.7 Å². The van der Waals surface area contributed by atoms with Crippen molar-refractivity contribution in [2.75, 3.05) is 12.4 Å². The lowest BCUT2D eigenvalue weighted by Crippen LogP contribution is -2.34. The van der Waals surface area contributed by atoms with Crippen LogP contribution in [0.5, 0.6) is 5.75 Å². The van der Waals surface area contributed by atoms with E-state index in [-0.39, 0.29) is 5.97 Å². The fourth-order valence-corrected chi connectivity index (χ4v) is 1.61. The minimum absolute atomic E-state index is 0.261. The second-order valence-electron chi connectivity index (χ2n) is 5.58. The predicted octanol–water partition coefficient (Wildman–Crippen LogP) is 3.15. The molecule has 1 atom stereocenters. The average molecular weight is 265 g/mol. The molecule has 1 rings (SSSR count). The van der Waals surface area contributed by atoms with Crippen molar-refractivity contribution in [1.29, 1.82) is 0 Å². The first kappa shape index (κ1) is 15.3. The number of ether oxygens (including phenoxy) is 2. The van der Waals surface area contributed by atoms with Gasteiger partial charge in [-0.25, -0.2) is 4.79 Å². The van der Waals surface area contributed by atoms with Crippen LogP contribution in [0.25, 0.3) is 0 Å². The fraction of sp³-hybridized carbons (Fsp3) is 0.533. The minimum Gasteiger partial charge on any atom is -0.497 e. The molecule has 0 aliphatic heterocycles. The minimum atomic E-state index is -0.470. The Kier molecular flexibility index (Phi) is 4.81. The Labute approximate surface area is 115 Å². The van der Waals surface area contributed by atoms with Crippen molar-refractivity contribution in [1.82, 2.24) is 0 Å². The fourth-order valence-electron chi connectivity index (χ4n) is 1.61. The lowest BCUT2D eigenvalue weighted by molar-refractivity contribution is -0.155. The molecule has 0 saturated carbocycles. The number of carbonyl (C=O) groups is 1. The van der Waals surface area contributed by atoms with Crippen LogP contribution < -0.4 is 10.1 Å². The van der Waals surface area contributed by atoms with Gasteiger partial charge in [-0.2, -0.15) is 0 Å². The normalized spacial score (nSPS) is 12.7. The van der Waals surface area contributed by atoms with Crippen LogP contribution in [0, 0.1) is 6.92 Å². The van der Waals surface area contributed by atoms with E-state index in [9.17, 15) is 4.79 Å². The number of hydrogen-bond donors (Lipinski definition) is 1. The van der Waals surface area contributed by atoms with Crippen molar-refractivity contribution in [3.8, 4) is 5.75 Å². The molecule has 1 aromatic carbocycles. The maximum atomic E-state index is 11.9. The SMILES string of the molecule is COc1ccc(NC(C)C(=O)OC(C)(C)C)c(C)c1. The van der Waals surface area contributed by atoms with Gasteiger partial charge in [0.2, 0.25) is 0 Å². The standard InChI is InChI=1S/C15H23NO3/c1-10-9-12(18-6)7-8-13(10)16-11(2)14(17)19-15(3,4)5/h7-9,11,16H,1-6H3. The molecule has 1 unspecified atom stereocenters. The highest BCUT2D eigenvalue weighted by atomic mass is 16.6. The summed E-state index contributed by atoms with van der Waals surface area (Å²) in [6.07, 6.45) is 0. The zero-order chi connectivity index (χ0) is 14.6. The molecule has 0 heterocycles. The van der Waals surface area contributed by atoms with Crippen molar-refractivity contribution in [3.63, 3.8) is 0 Å². The quantitative estimate of drug-likeness (QED) is 0.850. The Bertz CT molecular complexity index is 449. The molecule has 0 radical (unpaired) electrons. The Morgan fingerprint density at radius 2 is 1.95 bits per heavy atom. The maximum Gasteiger partial charge on any atom is 0.328 e. The summed E-state index contributed by atoms with van der Waals surface area (Å²) >= 11 is 0. The lowest BCUT2D eigenvalue weighted by atomic mass is 10.1. The Morgan fingerprint density at radius 1 is 1.32 bits per heavy atom. The molecule has 19 heavy (non-hydrogen) atoms. The van der Waals surface area contributed by atoms with Crippen molar-refractivity contribution in [2.24, 2.45) is 0 Å². The summed E-state index contributed by atoms with van der Waals surface area (Å²) in [5.41, 5.74) is 1.45. The Morgan fingerprint density at radius 3 is 2.42 bits per heavy atom. The molecular formula is C15H23NO3. The monoisotopic (exact) mass is 265 g/mol. The smallest absolute Gasteiger partial charge is 0.328 e. The zero-order valence-corrected chi connectivity index (χ0v) is 12.5. The number of aryl methyl sites for hydroxylation is 1. The lowest BCUT2D eigenvalue weighted by Gasteiger charge is -2.23. The molecular weight excluding hydrogens is 242 g/mol. The van der Waals surface area contributed by atoms with Gasteiger partial charge in [-0.3, -0.25) is 0 Å². The molecule has 0 aromatic heterocycles. The number of nitrogens with one attached hydrogen (secondary N) is 1. The van der Waals surface area contributed by atoms with Gasteiger partial charge < -0.3 is 14.8 Å². The number of hydrogen-bond acceptors (Lipinski definition) is 4. The van der Waals surface area contributed by atoms with Gasteiger partial charge in [0.1, 0.15) is 17.4 Å². The van der Waals surface area contributed by atoms with Crippen molar-refractivity contribution in [2.45, 2.75) is 46.3 Å². The molecule has 0 aliphatic carbocycles. The molecule has 0 bridgehead atoms. The van der Waals surface area contributed by atoms with Crippen LogP contribution >= 0.6 is 0 Å². The van der Waals surface area contributed by atoms with E-state index >= 15 is 0 Å². The van der Waals surface area contributed by atoms with E-state index in [1.807, 2.05) is 45.9 Å². The van der Waals surface area contributed by atoms with Crippen LogP contribution in [0.4, 0.5) is 5.69 Å². The van der Waals surface area contributed by atoms with E-state index in [0.717, 1.165) is 17.0 Å². The molecule has 0 saturated heterocycles. The van der Waals surface area contributed by atoms with Crippen molar-refractivity contribution < 1.29 is 14.3 Å². The van der Waals surface area contributed by atoms with Gasteiger partial charge >= 0.3 is 5.97 Å². The van der Waals surface area contributed by atoms with E-state index in [1.165, 1.54) is 0 Å². The van der Waals surface area contributed by atoms with E-state index in [4.69, 9.17) is 9.47 Å². The first-order valence-corrected chi connectivity index (χ1v) is 6.37. The van der Waals surface area contributed by atoms with Crippen molar-refractivity contribution in [3.05, 3.63) is 23.8 Å². The van der Waals surface area contributed by atoms with Gasteiger partial charge in [0.05, 0.1) is 7.11 Å². The van der Waals surface area contributed by atoms with E-state index in [2.05, 4.69) is 5.32 Å². The van der Waals surface area contributed by atoms with Gasteiger partial charge in [0, 0.05) is 5.69 Å². The Hall–Kier alpha value is -1.71. The number of methoxy groups -OCH3 is 1. The highest BCUT2D eigenvalue weighted by Crippen LogP contribution is 2.22. The number of rotatable bonds is 4. The van der Waals surface area contributed by atoms with E-state index in [0.29, 0.717) is 0 Å². The van der Waals surface area contributed by atoms with Crippen LogP contribution in [0.1, 0.15) is 33.3 Å². The third-order valence-electron chi connectivity index (χ3n) is 2.57. The number of benzene rings is 1. The largest absolute Gasteiger partial charge is 0.497 e. The average Bonchev–Trinajstić information content (AvgIpc) is 2.29. The Balaban J connectivity index is 2.71. The van der Waals surface area contributed by atoms with Gasteiger partial charge in [-0.1, -0.05) is 0 Å². The molecule has 0 spiro atoms. The van der Waals surface area contributed by atoms with Crippen LogP contribution in [0.15, 0.2) is 18.2 Å². The predicted molar refractivity (Wildman–Crippen MR) is 76.7 cm³/mol. The summed E-state index contributed by atoms with van der Waals surface area (Å²) in [6.45, 7) is 9.33. The molecule has 1 aromatic rings. The molecule has 4 nitrogen and oxygen atoms in total. The number of anilines is 1. The summed E-state index contributed by atoms with van der Waals surface area (Å²) < 4.78 is 10.5. The second-order valence-corrected chi connectivity index (χ2v) is 5.58. The van der Waals surface area contributed by atoms with Gasteiger partial charge in [0.15, 0.2) is 0 Å². The molecule has 0 fully saturated rings. The summed E-state index contributed by atoms with van der Waals surface area (Å²) in [7, 11) is 1.63. The first-order chi connectivity index (χ1) is 8.73. The molecule has 0 aliphatic rings. The number of esters is 1. The third kappa shape index (κ3) is 4.81.